The lowest BCUT2D eigenvalue weighted by Crippen LogP contribution is -2.27. The molecule has 0 bridgehead atoms. The number of carbonyl (C=O) groups excluding carboxylic acids is 2. The Hall–Kier alpha value is -1.64. The Balaban J connectivity index is 2.64. The molecular formula is C14H16O3. The molecule has 0 atom stereocenters. The van der Waals surface area contributed by atoms with E-state index >= 15 is 0 Å². The third-order valence-corrected chi connectivity index (χ3v) is 3.14. The summed E-state index contributed by atoms with van der Waals surface area (Å²) in [6, 6.07) is 3.90. The van der Waals surface area contributed by atoms with Gasteiger partial charge in [-0.1, -0.05) is 17.7 Å². The topological polar surface area (TPSA) is 43.4 Å². The molecule has 0 amide bonds. The van der Waals surface area contributed by atoms with Gasteiger partial charge in [-0.3, -0.25) is 4.79 Å². The van der Waals surface area contributed by atoms with Crippen LogP contribution in [0.15, 0.2) is 12.1 Å². The third-order valence-electron chi connectivity index (χ3n) is 3.14. The number of ether oxygens (including phenoxy) is 1. The lowest BCUT2D eigenvalue weighted by atomic mass is 9.84. The van der Waals surface area contributed by atoms with Crippen molar-refractivity contribution in [2.45, 2.75) is 34.1 Å². The van der Waals surface area contributed by atoms with Crippen LogP contribution in [0, 0.1) is 19.3 Å². The van der Waals surface area contributed by atoms with E-state index in [0.717, 1.165) is 16.7 Å². The lowest BCUT2D eigenvalue weighted by Gasteiger charge is -2.18. The van der Waals surface area contributed by atoms with Gasteiger partial charge in [0, 0.05) is 0 Å². The Labute approximate surface area is 101 Å². The first-order chi connectivity index (χ1) is 7.81. The number of cyclic esters (lactones) is 2. The van der Waals surface area contributed by atoms with Gasteiger partial charge in [0.2, 0.25) is 0 Å². The van der Waals surface area contributed by atoms with E-state index in [-0.39, 0.29) is 0 Å². The van der Waals surface area contributed by atoms with Gasteiger partial charge < -0.3 is 4.74 Å². The Morgan fingerprint density at radius 2 is 1.82 bits per heavy atom. The van der Waals surface area contributed by atoms with Crippen molar-refractivity contribution in [3.05, 3.63) is 34.4 Å². The van der Waals surface area contributed by atoms with E-state index in [2.05, 4.69) is 0 Å². The molecule has 2 rings (SSSR count). The van der Waals surface area contributed by atoms with Gasteiger partial charge in [0.25, 0.3) is 0 Å². The predicted molar refractivity (Wildman–Crippen MR) is 63.8 cm³/mol. The molecule has 1 aliphatic rings. The zero-order valence-corrected chi connectivity index (χ0v) is 10.6. The highest BCUT2D eigenvalue weighted by atomic mass is 16.6. The van der Waals surface area contributed by atoms with Crippen molar-refractivity contribution in [3.63, 3.8) is 0 Å². The van der Waals surface area contributed by atoms with E-state index in [1.54, 1.807) is 13.8 Å². The molecule has 0 unspecified atom stereocenters. The first kappa shape index (κ1) is 11.8. The van der Waals surface area contributed by atoms with E-state index in [1.165, 1.54) is 0 Å². The summed E-state index contributed by atoms with van der Waals surface area (Å²) in [5.41, 5.74) is 2.77. The summed E-state index contributed by atoms with van der Waals surface area (Å²) < 4.78 is 4.90. The minimum atomic E-state index is -0.652. The maximum Gasteiger partial charge on any atom is 0.346 e. The number of aryl methyl sites for hydroxylation is 2. The van der Waals surface area contributed by atoms with Crippen molar-refractivity contribution in [3.8, 4) is 0 Å². The summed E-state index contributed by atoms with van der Waals surface area (Å²) in [5, 5.41) is 0. The minimum Gasteiger partial charge on any atom is -0.389 e. The maximum atomic E-state index is 11.9. The van der Waals surface area contributed by atoms with E-state index in [9.17, 15) is 9.59 Å². The van der Waals surface area contributed by atoms with Gasteiger partial charge in [0.05, 0.1) is 11.0 Å². The van der Waals surface area contributed by atoms with E-state index < -0.39 is 17.4 Å². The summed E-state index contributed by atoms with van der Waals surface area (Å²) in [5.74, 6) is -0.969. The zero-order valence-electron chi connectivity index (χ0n) is 10.6. The Morgan fingerprint density at radius 1 is 1.18 bits per heavy atom. The van der Waals surface area contributed by atoms with Crippen molar-refractivity contribution in [1.82, 2.24) is 0 Å². The second-order valence-electron chi connectivity index (χ2n) is 5.35. The highest BCUT2D eigenvalue weighted by molar-refractivity contribution is 6.01. The normalized spacial score (nSPS) is 18.4. The number of fused-ring (bicyclic) bond motifs is 1. The summed E-state index contributed by atoms with van der Waals surface area (Å²) >= 11 is 0. The highest BCUT2D eigenvalue weighted by Gasteiger charge is 2.37. The Kier molecular flexibility index (Phi) is 2.57. The van der Waals surface area contributed by atoms with Gasteiger partial charge >= 0.3 is 11.9 Å². The molecular weight excluding hydrogens is 216 g/mol. The van der Waals surface area contributed by atoms with Crippen molar-refractivity contribution < 1.29 is 14.3 Å². The largest absolute Gasteiger partial charge is 0.389 e. The third kappa shape index (κ3) is 1.97. The first-order valence-electron chi connectivity index (χ1n) is 5.68. The molecule has 1 aromatic rings. The maximum absolute atomic E-state index is 11.9. The number of rotatable bonds is 0. The summed E-state index contributed by atoms with van der Waals surface area (Å²) in [6.07, 6.45) is 0.537. The fourth-order valence-electron chi connectivity index (χ4n) is 2.31. The summed E-state index contributed by atoms with van der Waals surface area (Å²) in [6.45, 7) is 7.46. The van der Waals surface area contributed by atoms with Crippen molar-refractivity contribution in [2.75, 3.05) is 0 Å². The van der Waals surface area contributed by atoms with Crippen LogP contribution < -0.4 is 0 Å². The van der Waals surface area contributed by atoms with E-state index in [0.29, 0.717) is 12.0 Å². The van der Waals surface area contributed by atoms with E-state index in [1.807, 2.05) is 26.0 Å². The molecule has 0 spiro atoms. The van der Waals surface area contributed by atoms with Gasteiger partial charge in [-0.25, -0.2) is 4.79 Å². The van der Waals surface area contributed by atoms with Gasteiger partial charge in [-0.15, -0.1) is 0 Å². The lowest BCUT2D eigenvalue weighted by molar-refractivity contribution is -0.147. The SMILES string of the molecule is Cc1cc(C)c2c(c1)CC(C)(C)C(=O)OC2=O. The van der Waals surface area contributed by atoms with Gasteiger partial charge in [-0.05, 0) is 45.2 Å². The van der Waals surface area contributed by atoms with Crippen LogP contribution in [-0.2, 0) is 16.0 Å². The predicted octanol–water partition coefficient (Wildman–Crippen LogP) is 2.57. The molecule has 1 aliphatic heterocycles. The molecule has 90 valence electrons. The fraction of sp³-hybridized carbons (Fsp3) is 0.429. The van der Waals surface area contributed by atoms with Crippen molar-refractivity contribution in [1.29, 1.82) is 0 Å². The molecule has 0 aliphatic carbocycles. The zero-order chi connectivity index (χ0) is 12.8. The molecule has 0 N–H and O–H groups in total. The van der Waals surface area contributed by atoms with Gasteiger partial charge in [0.1, 0.15) is 0 Å². The Bertz CT molecular complexity index is 512. The first-order valence-corrected chi connectivity index (χ1v) is 5.68. The van der Waals surface area contributed by atoms with Crippen LogP contribution in [0.25, 0.3) is 0 Å². The number of hydrogen-bond acceptors (Lipinski definition) is 3. The number of esters is 2. The average molecular weight is 232 g/mol. The van der Waals surface area contributed by atoms with Crippen LogP contribution in [0.1, 0.15) is 40.9 Å². The number of carbonyl (C=O) groups is 2. The van der Waals surface area contributed by atoms with Crippen LogP contribution in [-0.4, -0.2) is 11.9 Å². The monoisotopic (exact) mass is 232 g/mol. The van der Waals surface area contributed by atoms with Crippen LogP contribution in [0.4, 0.5) is 0 Å². The molecule has 0 aromatic heterocycles. The number of hydrogen-bond donors (Lipinski definition) is 0. The molecule has 0 fully saturated rings. The Morgan fingerprint density at radius 3 is 2.47 bits per heavy atom. The molecule has 1 heterocycles. The molecule has 17 heavy (non-hydrogen) atoms. The molecule has 1 aromatic carbocycles. The quantitative estimate of drug-likeness (QED) is 0.510. The van der Waals surface area contributed by atoms with Gasteiger partial charge in [-0.2, -0.15) is 0 Å². The molecule has 0 saturated carbocycles. The second-order valence-corrected chi connectivity index (χ2v) is 5.35. The minimum absolute atomic E-state index is 0.448. The summed E-state index contributed by atoms with van der Waals surface area (Å²) in [7, 11) is 0. The fourth-order valence-corrected chi connectivity index (χ4v) is 2.31. The van der Waals surface area contributed by atoms with Crippen LogP contribution in [0.5, 0.6) is 0 Å². The van der Waals surface area contributed by atoms with Crippen molar-refractivity contribution >= 4 is 11.9 Å². The molecule has 0 saturated heterocycles. The molecule has 3 nitrogen and oxygen atoms in total. The standard InChI is InChI=1S/C14H16O3/c1-8-5-9(2)11-10(6-8)7-14(3,4)13(16)17-12(11)15/h5-6H,7H2,1-4H3. The van der Waals surface area contributed by atoms with E-state index in [4.69, 9.17) is 4.74 Å². The second kappa shape index (κ2) is 3.69. The highest BCUT2D eigenvalue weighted by Crippen LogP contribution is 2.31. The molecule has 0 radical (unpaired) electrons. The van der Waals surface area contributed by atoms with Crippen molar-refractivity contribution in [2.24, 2.45) is 5.41 Å². The van der Waals surface area contributed by atoms with Crippen LogP contribution in [0.2, 0.25) is 0 Å². The van der Waals surface area contributed by atoms with Crippen LogP contribution in [0.3, 0.4) is 0 Å². The summed E-state index contributed by atoms with van der Waals surface area (Å²) in [4.78, 5) is 23.7. The molecule has 3 heteroatoms. The van der Waals surface area contributed by atoms with Gasteiger partial charge in [0.15, 0.2) is 0 Å². The average Bonchev–Trinajstić information content (AvgIpc) is 2.21. The van der Waals surface area contributed by atoms with Crippen LogP contribution >= 0.6 is 0 Å². The number of benzene rings is 1. The smallest absolute Gasteiger partial charge is 0.346 e.